The van der Waals surface area contributed by atoms with E-state index in [-0.39, 0.29) is 23.9 Å². The minimum atomic E-state index is -4.55. The van der Waals surface area contributed by atoms with Crippen LogP contribution in [0, 0.1) is 0 Å². The molecule has 1 N–H and O–H groups in total. The molecule has 9 heteroatoms. The molecule has 0 saturated carbocycles. The Kier molecular flexibility index (Phi) is 5.67. The van der Waals surface area contributed by atoms with Crippen molar-refractivity contribution in [1.82, 2.24) is 14.8 Å². The number of amides is 1. The van der Waals surface area contributed by atoms with Gasteiger partial charge in [-0.1, -0.05) is 0 Å². The Morgan fingerprint density at radius 1 is 1.08 bits per heavy atom. The summed E-state index contributed by atoms with van der Waals surface area (Å²) in [6, 6.07) is 2.14. The van der Waals surface area contributed by atoms with Gasteiger partial charge >= 0.3 is 6.18 Å². The molecule has 1 aromatic heterocycles. The second kappa shape index (κ2) is 7.79. The summed E-state index contributed by atoms with van der Waals surface area (Å²) < 4.78 is 39.4. The number of piperazine rings is 1. The van der Waals surface area contributed by atoms with Crippen LogP contribution in [0.4, 0.5) is 19.0 Å². The van der Waals surface area contributed by atoms with Crippen LogP contribution in [0.2, 0.25) is 0 Å². The number of carbonyl (C=O) groups excluding carboxylic acids is 1. The Labute approximate surface area is 150 Å². The monoisotopic (exact) mass is 372 g/mol. The van der Waals surface area contributed by atoms with Crippen molar-refractivity contribution in [2.75, 3.05) is 57.3 Å². The third-order valence-electron chi connectivity index (χ3n) is 4.88. The molecule has 0 bridgehead atoms. The Balaban J connectivity index is 1.88. The van der Waals surface area contributed by atoms with Gasteiger partial charge in [0.05, 0.1) is 12.2 Å². The fourth-order valence-electron chi connectivity index (χ4n) is 3.43. The number of halogens is 3. The molecule has 0 unspecified atom stereocenters. The van der Waals surface area contributed by atoms with Crippen LogP contribution in [-0.4, -0.2) is 78.2 Å². The summed E-state index contributed by atoms with van der Waals surface area (Å²) in [4.78, 5) is 22.0. The Morgan fingerprint density at radius 2 is 1.73 bits per heavy atom. The van der Waals surface area contributed by atoms with Gasteiger partial charge in [-0.2, -0.15) is 13.2 Å². The lowest BCUT2D eigenvalue weighted by atomic mass is 10.1. The molecule has 2 aliphatic rings. The Hall–Kier alpha value is -1.87. The van der Waals surface area contributed by atoms with E-state index in [0.717, 1.165) is 18.9 Å². The van der Waals surface area contributed by atoms with E-state index in [0.29, 0.717) is 45.8 Å². The van der Waals surface area contributed by atoms with Crippen molar-refractivity contribution < 1.29 is 23.1 Å². The zero-order valence-electron chi connectivity index (χ0n) is 14.5. The second-order valence-corrected chi connectivity index (χ2v) is 6.62. The number of β-amino-alcohol motifs (C(OH)–C–C–N with tert-alkyl or cyclic N) is 1. The summed E-state index contributed by atoms with van der Waals surface area (Å²) in [6.07, 6.45) is -2.73. The van der Waals surface area contributed by atoms with Crippen LogP contribution < -0.4 is 4.90 Å². The normalized spacial score (nSPS) is 19.2. The highest BCUT2D eigenvalue weighted by atomic mass is 19.4. The summed E-state index contributed by atoms with van der Waals surface area (Å²) in [5.41, 5.74) is -0.751. The zero-order valence-corrected chi connectivity index (χ0v) is 14.5. The van der Waals surface area contributed by atoms with Gasteiger partial charge in [0.1, 0.15) is 11.5 Å². The van der Waals surface area contributed by atoms with E-state index in [1.54, 1.807) is 9.80 Å². The number of carbonyl (C=O) groups is 1. The largest absolute Gasteiger partial charge is 0.433 e. The molecule has 2 saturated heterocycles. The van der Waals surface area contributed by atoms with E-state index in [4.69, 9.17) is 5.11 Å². The number of hydrogen-bond acceptors (Lipinski definition) is 5. The molecule has 2 aliphatic heterocycles. The molecular formula is C17H23F3N4O2. The van der Waals surface area contributed by atoms with Gasteiger partial charge in [0.15, 0.2) is 0 Å². The van der Waals surface area contributed by atoms with Crippen molar-refractivity contribution in [2.24, 2.45) is 0 Å². The lowest BCUT2D eigenvalue weighted by Gasteiger charge is -2.36. The van der Waals surface area contributed by atoms with Crippen molar-refractivity contribution >= 4 is 11.7 Å². The summed E-state index contributed by atoms with van der Waals surface area (Å²) in [6.45, 7) is 3.98. The average molecular weight is 372 g/mol. The van der Waals surface area contributed by atoms with E-state index in [2.05, 4.69) is 4.98 Å². The van der Waals surface area contributed by atoms with Crippen molar-refractivity contribution in [3.05, 3.63) is 23.4 Å². The molecule has 26 heavy (non-hydrogen) atoms. The highest BCUT2D eigenvalue weighted by molar-refractivity contribution is 5.99. The maximum atomic E-state index is 13.1. The number of anilines is 1. The molecule has 3 rings (SSSR count). The Bertz CT molecular complexity index is 639. The lowest BCUT2D eigenvalue weighted by Crippen LogP contribution is -2.48. The number of hydrogen-bond donors (Lipinski definition) is 1. The van der Waals surface area contributed by atoms with Gasteiger partial charge in [-0.05, 0) is 25.0 Å². The molecule has 1 aromatic rings. The maximum Gasteiger partial charge on any atom is 0.433 e. The van der Waals surface area contributed by atoms with Crippen LogP contribution >= 0.6 is 0 Å². The molecular weight excluding hydrogens is 349 g/mol. The van der Waals surface area contributed by atoms with Crippen LogP contribution in [-0.2, 0) is 6.18 Å². The molecule has 1 amide bonds. The lowest BCUT2D eigenvalue weighted by molar-refractivity contribution is -0.141. The third-order valence-corrected chi connectivity index (χ3v) is 4.88. The number of alkyl halides is 3. The van der Waals surface area contributed by atoms with Gasteiger partial charge < -0.3 is 14.9 Å². The van der Waals surface area contributed by atoms with Crippen molar-refractivity contribution in [3.63, 3.8) is 0 Å². The minimum absolute atomic E-state index is 0.0422. The van der Waals surface area contributed by atoms with Gasteiger partial charge in [0.25, 0.3) is 5.91 Å². The Morgan fingerprint density at radius 3 is 2.31 bits per heavy atom. The molecule has 0 radical (unpaired) electrons. The van der Waals surface area contributed by atoms with Crippen LogP contribution in [0.5, 0.6) is 0 Å². The third kappa shape index (κ3) is 4.09. The van der Waals surface area contributed by atoms with Crippen LogP contribution in [0.15, 0.2) is 12.1 Å². The SMILES string of the molecule is O=C(c1ccc(C(F)(F)F)nc1N1CCN(CCO)CC1)N1CCCC1. The molecule has 6 nitrogen and oxygen atoms in total. The first kappa shape index (κ1) is 18.9. The maximum absolute atomic E-state index is 13.1. The first-order chi connectivity index (χ1) is 12.4. The molecule has 0 aromatic carbocycles. The van der Waals surface area contributed by atoms with Crippen molar-refractivity contribution in [1.29, 1.82) is 0 Å². The van der Waals surface area contributed by atoms with E-state index < -0.39 is 11.9 Å². The van der Waals surface area contributed by atoms with Crippen LogP contribution in [0.25, 0.3) is 0 Å². The molecule has 3 heterocycles. The fourth-order valence-corrected chi connectivity index (χ4v) is 3.43. The number of likely N-dealkylation sites (tertiary alicyclic amines) is 1. The molecule has 0 atom stereocenters. The summed E-state index contributed by atoms with van der Waals surface area (Å²) in [7, 11) is 0. The fraction of sp³-hybridized carbons (Fsp3) is 0.647. The minimum Gasteiger partial charge on any atom is -0.395 e. The van der Waals surface area contributed by atoms with Crippen LogP contribution in [0.1, 0.15) is 28.9 Å². The zero-order chi connectivity index (χ0) is 18.7. The molecule has 0 spiro atoms. The topological polar surface area (TPSA) is 59.9 Å². The molecule has 0 aliphatic carbocycles. The van der Waals surface area contributed by atoms with E-state index in [1.165, 1.54) is 6.07 Å². The quantitative estimate of drug-likeness (QED) is 0.867. The second-order valence-electron chi connectivity index (χ2n) is 6.62. The molecule has 144 valence electrons. The number of aliphatic hydroxyl groups is 1. The van der Waals surface area contributed by atoms with Gasteiger partial charge in [-0.3, -0.25) is 9.69 Å². The highest BCUT2D eigenvalue weighted by Crippen LogP contribution is 2.31. The number of aromatic nitrogens is 1. The highest BCUT2D eigenvalue weighted by Gasteiger charge is 2.35. The number of pyridine rings is 1. The first-order valence-electron chi connectivity index (χ1n) is 8.86. The summed E-state index contributed by atoms with van der Waals surface area (Å²) in [5.74, 6) is -0.142. The van der Waals surface area contributed by atoms with E-state index in [1.807, 2.05) is 4.90 Å². The van der Waals surface area contributed by atoms with Gasteiger partial charge in [-0.15, -0.1) is 0 Å². The van der Waals surface area contributed by atoms with Gasteiger partial charge in [-0.25, -0.2) is 4.98 Å². The average Bonchev–Trinajstić information content (AvgIpc) is 3.15. The standard InChI is InChI=1S/C17H23F3N4O2/c18-17(19,20)14-4-3-13(16(26)24-5-1-2-6-24)15(21-14)23-9-7-22(8-10-23)11-12-25/h3-4,25H,1-2,5-12H2. The molecule has 2 fully saturated rings. The summed E-state index contributed by atoms with van der Waals surface area (Å²) >= 11 is 0. The number of aliphatic hydroxyl groups excluding tert-OH is 1. The smallest absolute Gasteiger partial charge is 0.395 e. The van der Waals surface area contributed by atoms with Gasteiger partial charge in [0.2, 0.25) is 0 Å². The first-order valence-corrected chi connectivity index (χ1v) is 8.86. The number of rotatable bonds is 4. The van der Waals surface area contributed by atoms with Crippen LogP contribution in [0.3, 0.4) is 0 Å². The number of nitrogens with zero attached hydrogens (tertiary/aromatic N) is 4. The van der Waals surface area contributed by atoms with Gasteiger partial charge in [0, 0.05) is 45.8 Å². The van der Waals surface area contributed by atoms with E-state index in [9.17, 15) is 18.0 Å². The summed E-state index contributed by atoms with van der Waals surface area (Å²) in [5, 5.41) is 9.02. The van der Waals surface area contributed by atoms with Crippen molar-refractivity contribution in [3.8, 4) is 0 Å². The predicted octanol–water partition coefficient (Wildman–Crippen LogP) is 1.45. The van der Waals surface area contributed by atoms with Crippen molar-refractivity contribution in [2.45, 2.75) is 19.0 Å². The predicted molar refractivity (Wildman–Crippen MR) is 90.1 cm³/mol. The van der Waals surface area contributed by atoms with E-state index >= 15 is 0 Å².